The van der Waals surface area contributed by atoms with Crippen molar-refractivity contribution in [3.8, 4) is 0 Å². The van der Waals surface area contributed by atoms with Crippen molar-refractivity contribution in [2.75, 3.05) is 6.54 Å². The Morgan fingerprint density at radius 2 is 2.00 bits per heavy atom. The standard InChI is InChI=1S/C18H20BrClN2O/c1-2-17(14-6-8-15(19)9-7-14)21-12-18(23)22-11-13-4-3-5-16(20)10-13/h3-10,17,21H,2,11-12H2,1H3,(H,22,23)/p+1/t17-/m1/s1. The first-order chi connectivity index (χ1) is 11.1. The summed E-state index contributed by atoms with van der Waals surface area (Å²) in [4.78, 5) is 12.0. The van der Waals surface area contributed by atoms with Gasteiger partial charge < -0.3 is 10.6 Å². The summed E-state index contributed by atoms with van der Waals surface area (Å²) in [5.74, 6) is 0.0283. The second-order valence-electron chi connectivity index (χ2n) is 5.41. The van der Waals surface area contributed by atoms with Crippen molar-refractivity contribution in [1.82, 2.24) is 5.32 Å². The molecular formula is C18H21BrClN2O+. The van der Waals surface area contributed by atoms with Crippen LogP contribution < -0.4 is 10.6 Å². The zero-order valence-electron chi connectivity index (χ0n) is 13.1. The van der Waals surface area contributed by atoms with Crippen molar-refractivity contribution in [3.63, 3.8) is 0 Å². The highest BCUT2D eigenvalue weighted by Gasteiger charge is 2.14. The summed E-state index contributed by atoms with van der Waals surface area (Å²) in [7, 11) is 0. The highest BCUT2D eigenvalue weighted by atomic mass is 79.9. The molecule has 23 heavy (non-hydrogen) atoms. The number of benzene rings is 2. The fraction of sp³-hybridized carbons (Fsp3) is 0.278. The van der Waals surface area contributed by atoms with Crippen molar-refractivity contribution >= 4 is 33.4 Å². The van der Waals surface area contributed by atoms with Gasteiger partial charge in [-0.15, -0.1) is 0 Å². The molecule has 3 nitrogen and oxygen atoms in total. The number of rotatable bonds is 7. The fourth-order valence-corrected chi connectivity index (χ4v) is 2.89. The molecule has 0 heterocycles. The number of hydrogen-bond acceptors (Lipinski definition) is 1. The van der Waals surface area contributed by atoms with Crippen LogP contribution in [0.3, 0.4) is 0 Å². The van der Waals surface area contributed by atoms with E-state index in [0.717, 1.165) is 16.5 Å². The first-order valence-corrected chi connectivity index (χ1v) is 8.85. The zero-order chi connectivity index (χ0) is 16.7. The normalized spacial score (nSPS) is 12.0. The van der Waals surface area contributed by atoms with Crippen molar-refractivity contribution < 1.29 is 10.1 Å². The monoisotopic (exact) mass is 395 g/mol. The minimum atomic E-state index is 0.0283. The molecule has 0 bridgehead atoms. The van der Waals surface area contributed by atoms with E-state index in [-0.39, 0.29) is 5.91 Å². The molecule has 0 unspecified atom stereocenters. The Kier molecular flexibility index (Phi) is 7.09. The molecule has 1 atom stereocenters. The minimum absolute atomic E-state index is 0.0283. The molecule has 2 rings (SSSR count). The van der Waals surface area contributed by atoms with E-state index in [1.165, 1.54) is 5.56 Å². The van der Waals surface area contributed by atoms with Gasteiger partial charge in [-0.1, -0.05) is 58.7 Å². The molecule has 0 aromatic heterocycles. The lowest BCUT2D eigenvalue weighted by Gasteiger charge is -2.14. The zero-order valence-corrected chi connectivity index (χ0v) is 15.4. The summed E-state index contributed by atoms with van der Waals surface area (Å²) in [5, 5.41) is 5.69. The molecule has 0 saturated carbocycles. The summed E-state index contributed by atoms with van der Waals surface area (Å²) >= 11 is 9.38. The van der Waals surface area contributed by atoms with Gasteiger partial charge in [0.15, 0.2) is 6.54 Å². The first kappa shape index (κ1) is 18.0. The Morgan fingerprint density at radius 3 is 2.65 bits per heavy atom. The summed E-state index contributed by atoms with van der Waals surface area (Å²) in [6.07, 6.45) is 0.975. The second-order valence-corrected chi connectivity index (χ2v) is 6.76. The van der Waals surface area contributed by atoms with E-state index < -0.39 is 0 Å². The molecule has 0 spiro atoms. The molecule has 0 aliphatic carbocycles. The lowest BCUT2D eigenvalue weighted by molar-refractivity contribution is -0.686. The summed E-state index contributed by atoms with van der Waals surface area (Å²) in [6.45, 7) is 3.05. The van der Waals surface area contributed by atoms with Crippen LogP contribution in [0.1, 0.15) is 30.5 Å². The van der Waals surface area contributed by atoms with Crippen LogP contribution in [0.4, 0.5) is 0 Å². The van der Waals surface area contributed by atoms with Gasteiger partial charge in [0.05, 0.1) is 0 Å². The Balaban J connectivity index is 1.81. The molecule has 0 aliphatic rings. The maximum Gasteiger partial charge on any atom is 0.275 e. The van der Waals surface area contributed by atoms with E-state index in [0.29, 0.717) is 24.2 Å². The van der Waals surface area contributed by atoms with Crippen LogP contribution in [0.5, 0.6) is 0 Å². The molecule has 3 N–H and O–H groups in total. The average Bonchev–Trinajstić information content (AvgIpc) is 2.55. The van der Waals surface area contributed by atoms with Gasteiger partial charge >= 0.3 is 0 Å². The number of carbonyl (C=O) groups is 1. The van der Waals surface area contributed by atoms with Gasteiger partial charge in [0.25, 0.3) is 5.91 Å². The van der Waals surface area contributed by atoms with Crippen LogP contribution in [0, 0.1) is 0 Å². The molecule has 2 aromatic rings. The van der Waals surface area contributed by atoms with E-state index in [1.54, 1.807) is 0 Å². The van der Waals surface area contributed by atoms with E-state index in [4.69, 9.17) is 11.6 Å². The summed E-state index contributed by atoms with van der Waals surface area (Å²) in [6, 6.07) is 16.1. The maximum atomic E-state index is 12.0. The van der Waals surface area contributed by atoms with Gasteiger partial charge in [-0.25, -0.2) is 0 Å². The number of hydrogen-bond donors (Lipinski definition) is 2. The molecular weight excluding hydrogens is 376 g/mol. The van der Waals surface area contributed by atoms with E-state index in [1.807, 2.05) is 36.4 Å². The van der Waals surface area contributed by atoms with E-state index in [2.05, 4.69) is 45.6 Å². The van der Waals surface area contributed by atoms with Crippen LogP contribution in [-0.2, 0) is 11.3 Å². The molecule has 5 heteroatoms. The Morgan fingerprint density at radius 1 is 1.26 bits per heavy atom. The molecule has 1 amide bonds. The number of carbonyl (C=O) groups excluding carboxylic acids is 1. The predicted octanol–water partition coefficient (Wildman–Crippen LogP) is 3.43. The molecule has 0 radical (unpaired) electrons. The van der Waals surface area contributed by atoms with Gasteiger partial charge in [-0.2, -0.15) is 0 Å². The minimum Gasteiger partial charge on any atom is -0.347 e. The fourth-order valence-electron chi connectivity index (χ4n) is 2.42. The van der Waals surface area contributed by atoms with Crippen LogP contribution in [0.2, 0.25) is 5.02 Å². The molecule has 2 aromatic carbocycles. The van der Waals surface area contributed by atoms with E-state index in [9.17, 15) is 4.79 Å². The number of nitrogens with one attached hydrogen (secondary N) is 1. The van der Waals surface area contributed by atoms with Gasteiger partial charge in [0.2, 0.25) is 0 Å². The highest BCUT2D eigenvalue weighted by Crippen LogP contribution is 2.16. The third kappa shape index (κ3) is 5.98. The van der Waals surface area contributed by atoms with Gasteiger partial charge in [0, 0.05) is 28.0 Å². The molecule has 0 aliphatic heterocycles. The number of halogens is 2. The lowest BCUT2D eigenvalue weighted by atomic mass is 10.0. The van der Waals surface area contributed by atoms with Crippen LogP contribution in [-0.4, -0.2) is 12.5 Å². The Labute approximate surface area is 150 Å². The van der Waals surface area contributed by atoms with Gasteiger partial charge in [-0.05, 0) is 29.8 Å². The quantitative estimate of drug-likeness (QED) is 0.740. The van der Waals surface area contributed by atoms with Crippen molar-refractivity contribution in [2.45, 2.75) is 25.9 Å². The topological polar surface area (TPSA) is 45.7 Å². The second kappa shape index (κ2) is 9.06. The smallest absolute Gasteiger partial charge is 0.275 e. The van der Waals surface area contributed by atoms with Crippen molar-refractivity contribution in [2.24, 2.45) is 0 Å². The SMILES string of the molecule is CC[C@@H]([NH2+]CC(=O)NCc1cccc(Cl)c1)c1ccc(Br)cc1. The number of nitrogens with two attached hydrogens (primary N) is 1. The molecule has 0 fully saturated rings. The lowest BCUT2D eigenvalue weighted by Crippen LogP contribution is -2.87. The number of amides is 1. The third-order valence-electron chi connectivity index (χ3n) is 3.70. The largest absolute Gasteiger partial charge is 0.347 e. The van der Waals surface area contributed by atoms with E-state index >= 15 is 0 Å². The van der Waals surface area contributed by atoms with Gasteiger partial charge in [0.1, 0.15) is 6.04 Å². The predicted molar refractivity (Wildman–Crippen MR) is 97.3 cm³/mol. The first-order valence-electron chi connectivity index (χ1n) is 7.68. The van der Waals surface area contributed by atoms with Crippen LogP contribution in [0.25, 0.3) is 0 Å². The van der Waals surface area contributed by atoms with Crippen molar-refractivity contribution in [3.05, 3.63) is 69.2 Å². The molecule has 0 saturated heterocycles. The average molecular weight is 397 g/mol. The van der Waals surface area contributed by atoms with Crippen LogP contribution >= 0.6 is 27.5 Å². The molecule has 122 valence electrons. The number of quaternary nitrogens is 1. The summed E-state index contributed by atoms with van der Waals surface area (Å²) in [5.41, 5.74) is 2.24. The van der Waals surface area contributed by atoms with Gasteiger partial charge in [-0.3, -0.25) is 4.79 Å². The van der Waals surface area contributed by atoms with Crippen molar-refractivity contribution in [1.29, 1.82) is 0 Å². The Hall–Kier alpha value is -1.36. The maximum absolute atomic E-state index is 12.0. The Bertz CT molecular complexity index is 646. The van der Waals surface area contributed by atoms with Crippen LogP contribution in [0.15, 0.2) is 53.0 Å². The third-order valence-corrected chi connectivity index (χ3v) is 4.47. The summed E-state index contributed by atoms with van der Waals surface area (Å²) < 4.78 is 1.07. The highest BCUT2D eigenvalue weighted by molar-refractivity contribution is 9.10.